The lowest BCUT2D eigenvalue weighted by atomic mass is 10.1. The molecule has 2 rings (SSSR count). The Labute approximate surface area is 119 Å². The van der Waals surface area contributed by atoms with Gasteiger partial charge in [-0.25, -0.2) is 4.39 Å². The Hall–Kier alpha value is -2.96. The van der Waals surface area contributed by atoms with E-state index in [1.165, 1.54) is 30.3 Å². The molecule has 0 unspecified atom stereocenters. The number of nitrogens with two attached hydrogens (primary N) is 1. The molecule has 0 saturated heterocycles. The summed E-state index contributed by atoms with van der Waals surface area (Å²) in [7, 11) is 0. The fraction of sp³-hybridized carbons (Fsp3) is 0.0714. The summed E-state index contributed by atoms with van der Waals surface area (Å²) in [5.41, 5.74) is 6.14. The average molecular weight is 289 g/mol. The Kier molecular flexibility index (Phi) is 3.84. The van der Waals surface area contributed by atoms with Crippen LogP contribution in [0.4, 0.5) is 21.5 Å². The quantitative estimate of drug-likeness (QED) is 0.515. The Morgan fingerprint density at radius 3 is 2.67 bits per heavy atom. The van der Waals surface area contributed by atoms with E-state index in [2.05, 4.69) is 5.32 Å². The molecular weight excluding hydrogens is 277 g/mol. The van der Waals surface area contributed by atoms with Crippen molar-refractivity contribution in [3.05, 3.63) is 63.5 Å². The first kappa shape index (κ1) is 14.4. The van der Waals surface area contributed by atoms with Gasteiger partial charge in [0.25, 0.3) is 11.6 Å². The number of benzene rings is 2. The molecule has 0 aromatic heterocycles. The first-order valence-corrected chi connectivity index (χ1v) is 6.00. The van der Waals surface area contributed by atoms with E-state index in [-0.39, 0.29) is 16.9 Å². The zero-order valence-electron chi connectivity index (χ0n) is 11.1. The minimum absolute atomic E-state index is 0.0292. The van der Waals surface area contributed by atoms with Crippen LogP contribution in [0.15, 0.2) is 36.4 Å². The predicted octanol–water partition coefficient (Wildman–Crippen LogP) is 2.88. The summed E-state index contributed by atoms with van der Waals surface area (Å²) >= 11 is 0. The molecule has 108 valence electrons. The van der Waals surface area contributed by atoms with Crippen molar-refractivity contribution in [2.45, 2.75) is 6.92 Å². The Morgan fingerprint density at radius 2 is 2.00 bits per heavy atom. The van der Waals surface area contributed by atoms with Gasteiger partial charge in [-0.2, -0.15) is 0 Å². The number of halogens is 1. The highest BCUT2D eigenvalue weighted by Crippen LogP contribution is 2.23. The third kappa shape index (κ3) is 3.14. The normalized spacial score (nSPS) is 10.2. The number of nitro groups is 1. The standard InChI is InChI=1S/C14H12FN3O3/c1-8-2-4-10(15)7-12(8)17-14(19)9-3-5-11(16)13(6-9)18(20)21/h2-7H,16H2,1H3,(H,17,19). The van der Waals surface area contributed by atoms with Gasteiger partial charge in [0, 0.05) is 17.3 Å². The Balaban J connectivity index is 2.30. The van der Waals surface area contributed by atoms with Crippen LogP contribution in [0, 0.1) is 22.9 Å². The lowest BCUT2D eigenvalue weighted by Gasteiger charge is -2.09. The van der Waals surface area contributed by atoms with Crippen molar-refractivity contribution in [1.82, 2.24) is 0 Å². The van der Waals surface area contributed by atoms with E-state index in [0.717, 1.165) is 6.07 Å². The van der Waals surface area contributed by atoms with Gasteiger partial charge in [-0.05, 0) is 36.8 Å². The van der Waals surface area contributed by atoms with Gasteiger partial charge in [0.1, 0.15) is 11.5 Å². The lowest BCUT2D eigenvalue weighted by molar-refractivity contribution is -0.383. The maximum absolute atomic E-state index is 13.2. The molecule has 2 aromatic carbocycles. The van der Waals surface area contributed by atoms with Gasteiger partial charge in [-0.1, -0.05) is 6.07 Å². The highest BCUT2D eigenvalue weighted by atomic mass is 19.1. The number of anilines is 2. The number of nitrogens with zero attached hydrogens (tertiary/aromatic N) is 1. The average Bonchev–Trinajstić information content (AvgIpc) is 2.43. The second-order valence-electron chi connectivity index (χ2n) is 4.44. The van der Waals surface area contributed by atoms with E-state index in [9.17, 15) is 19.3 Å². The summed E-state index contributed by atoms with van der Waals surface area (Å²) in [6.45, 7) is 1.71. The molecule has 0 bridgehead atoms. The SMILES string of the molecule is Cc1ccc(F)cc1NC(=O)c1ccc(N)c([N+](=O)[O-])c1. The molecule has 21 heavy (non-hydrogen) atoms. The van der Waals surface area contributed by atoms with Crippen LogP contribution < -0.4 is 11.1 Å². The zero-order valence-corrected chi connectivity index (χ0v) is 11.1. The minimum Gasteiger partial charge on any atom is -0.393 e. The molecule has 7 heteroatoms. The maximum atomic E-state index is 13.2. The van der Waals surface area contributed by atoms with Gasteiger partial charge >= 0.3 is 0 Å². The topological polar surface area (TPSA) is 98.3 Å². The van der Waals surface area contributed by atoms with Crippen molar-refractivity contribution in [3.8, 4) is 0 Å². The van der Waals surface area contributed by atoms with E-state index < -0.39 is 16.6 Å². The summed E-state index contributed by atoms with van der Waals surface area (Å²) in [5.74, 6) is -1.06. The molecule has 1 amide bonds. The van der Waals surface area contributed by atoms with Crippen molar-refractivity contribution >= 4 is 23.0 Å². The molecule has 6 nitrogen and oxygen atoms in total. The van der Waals surface area contributed by atoms with Crippen molar-refractivity contribution < 1.29 is 14.1 Å². The first-order valence-electron chi connectivity index (χ1n) is 6.00. The van der Waals surface area contributed by atoms with E-state index in [1.54, 1.807) is 6.92 Å². The van der Waals surface area contributed by atoms with Gasteiger partial charge in [0.2, 0.25) is 0 Å². The molecule has 0 aliphatic carbocycles. The van der Waals surface area contributed by atoms with Crippen LogP contribution in [0.1, 0.15) is 15.9 Å². The molecule has 0 spiro atoms. The van der Waals surface area contributed by atoms with Crippen LogP contribution in [0.3, 0.4) is 0 Å². The second-order valence-corrected chi connectivity index (χ2v) is 4.44. The van der Waals surface area contributed by atoms with Gasteiger partial charge in [0.05, 0.1) is 4.92 Å². The van der Waals surface area contributed by atoms with E-state index in [4.69, 9.17) is 5.73 Å². The minimum atomic E-state index is -0.667. The molecule has 0 atom stereocenters. The smallest absolute Gasteiger partial charge is 0.292 e. The molecule has 0 aliphatic rings. The van der Waals surface area contributed by atoms with Crippen LogP contribution >= 0.6 is 0 Å². The van der Waals surface area contributed by atoms with Crippen LogP contribution in [0.25, 0.3) is 0 Å². The van der Waals surface area contributed by atoms with Crippen molar-refractivity contribution in [2.75, 3.05) is 11.1 Å². The number of amides is 1. The van der Waals surface area contributed by atoms with Crippen molar-refractivity contribution in [3.63, 3.8) is 0 Å². The number of carbonyl (C=O) groups excluding carboxylic acids is 1. The van der Waals surface area contributed by atoms with Gasteiger partial charge in [-0.15, -0.1) is 0 Å². The number of nitrogens with one attached hydrogen (secondary N) is 1. The predicted molar refractivity (Wildman–Crippen MR) is 76.6 cm³/mol. The van der Waals surface area contributed by atoms with Crippen LogP contribution in [0.5, 0.6) is 0 Å². The Bertz CT molecular complexity index is 731. The second kappa shape index (κ2) is 5.58. The van der Waals surface area contributed by atoms with E-state index in [1.807, 2.05) is 0 Å². The molecule has 0 saturated carbocycles. The summed E-state index contributed by atoms with van der Waals surface area (Å²) in [5, 5.41) is 13.3. The van der Waals surface area contributed by atoms with Crippen LogP contribution in [-0.4, -0.2) is 10.8 Å². The molecular formula is C14H12FN3O3. The summed E-state index contributed by atoms with van der Waals surface area (Å²) in [6.07, 6.45) is 0. The van der Waals surface area contributed by atoms with Crippen molar-refractivity contribution in [2.24, 2.45) is 0 Å². The zero-order chi connectivity index (χ0) is 15.6. The largest absolute Gasteiger partial charge is 0.393 e. The monoisotopic (exact) mass is 289 g/mol. The van der Waals surface area contributed by atoms with Gasteiger partial charge < -0.3 is 11.1 Å². The number of aryl methyl sites for hydroxylation is 1. The molecule has 2 aromatic rings. The number of nitro benzene ring substituents is 1. The summed E-state index contributed by atoms with van der Waals surface area (Å²) in [4.78, 5) is 22.2. The van der Waals surface area contributed by atoms with Gasteiger partial charge in [0.15, 0.2) is 0 Å². The van der Waals surface area contributed by atoms with Crippen molar-refractivity contribution in [1.29, 1.82) is 0 Å². The molecule has 3 N–H and O–H groups in total. The molecule has 0 fully saturated rings. The maximum Gasteiger partial charge on any atom is 0.292 e. The van der Waals surface area contributed by atoms with Crippen LogP contribution in [-0.2, 0) is 0 Å². The third-order valence-corrected chi connectivity index (χ3v) is 2.94. The molecule has 0 radical (unpaired) electrons. The highest BCUT2D eigenvalue weighted by Gasteiger charge is 2.16. The van der Waals surface area contributed by atoms with Crippen LogP contribution in [0.2, 0.25) is 0 Å². The first-order chi connectivity index (χ1) is 9.88. The lowest BCUT2D eigenvalue weighted by Crippen LogP contribution is -2.13. The fourth-order valence-electron chi connectivity index (χ4n) is 1.77. The summed E-state index contributed by atoms with van der Waals surface area (Å²) < 4.78 is 13.2. The van der Waals surface area contributed by atoms with E-state index >= 15 is 0 Å². The highest BCUT2D eigenvalue weighted by molar-refractivity contribution is 6.05. The Morgan fingerprint density at radius 1 is 1.29 bits per heavy atom. The molecule has 0 heterocycles. The van der Waals surface area contributed by atoms with E-state index in [0.29, 0.717) is 11.3 Å². The third-order valence-electron chi connectivity index (χ3n) is 2.94. The number of carbonyl (C=O) groups is 1. The molecule has 0 aliphatic heterocycles. The summed E-state index contributed by atoms with van der Waals surface area (Å²) in [6, 6.07) is 7.71. The number of hydrogen-bond acceptors (Lipinski definition) is 4. The number of rotatable bonds is 3. The fourth-order valence-corrected chi connectivity index (χ4v) is 1.77. The number of nitrogen functional groups attached to an aromatic ring is 1. The number of hydrogen-bond donors (Lipinski definition) is 2. The van der Waals surface area contributed by atoms with Gasteiger partial charge in [-0.3, -0.25) is 14.9 Å².